The molecular weight excluding hydrogens is 504 g/mol. The number of nitrogens with one attached hydrogen (secondary N) is 1. The molecule has 40 heavy (non-hydrogen) atoms. The second-order valence-electron chi connectivity index (χ2n) is 9.68. The van der Waals surface area contributed by atoms with Gasteiger partial charge in [0, 0.05) is 17.5 Å². The Morgan fingerprint density at radius 3 is 2.27 bits per heavy atom. The number of aromatic nitrogens is 4. The summed E-state index contributed by atoms with van der Waals surface area (Å²) in [5.74, 6) is 1.23. The minimum atomic E-state index is -0.596. The lowest BCUT2D eigenvalue weighted by Gasteiger charge is -2.16. The molecule has 0 atom stereocenters. The van der Waals surface area contributed by atoms with Crippen molar-refractivity contribution in [3.8, 4) is 34.0 Å². The summed E-state index contributed by atoms with van der Waals surface area (Å²) in [6.07, 6.45) is 3.03. The summed E-state index contributed by atoms with van der Waals surface area (Å²) < 4.78 is 12.1. The Bertz CT molecular complexity index is 1710. The lowest BCUT2D eigenvalue weighted by atomic mass is 9.96. The average molecular weight is 537 g/mol. The van der Waals surface area contributed by atoms with Crippen molar-refractivity contribution in [3.05, 3.63) is 116 Å². The first-order valence-electron chi connectivity index (χ1n) is 13.6. The zero-order chi connectivity index (χ0) is 28.1. The lowest BCUT2D eigenvalue weighted by Crippen LogP contribution is -2.28. The van der Waals surface area contributed by atoms with Gasteiger partial charge in [0.15, 0.2) is 5.82 Å². The first-order chi connectivity index (χ1) is 19.5. The fourth-order valence-corrected chi connectivity index (χ4v) is 4.85. The van der Waals surface area contributed by atoms with Gasteiger partial charge < -0.3 is 4.74 Å². The number of rotatable bonds is 10. The summed E-state index contributed by atoms with van der Waals surface area (Å²) in [7, 11) is 0. The van der Waals surface area contributed by atoms with E-state index >= 15 is 0 Å². The van der Waals surface area contributed by atoms with E-state index in [1.165, 1.54) is 0 Å². The predicted molar refractivity (Wildman–Crippen MR) is 155 cm³/mol. The van der Waals surface area contributed by atoms with Crippen molar-refractivity contribution in [2.75, 3.05) is 6.61 Å². The van der Waals surface area contributed by atoms with E-state index in [0.29, 0.717) is 30.2 Å². The number of aromatic amines is 1. The SMILES string of the molecule is CCCOc1ccc(-n2c(C)nc(CCC)c(Cc3ccc(-c4ccccc4-c4noc(=O)[nH]4)cc3)c2=O)cc1. The topological polar surface area (TPSA) is 103 Å². The van der Waals surface area contributed by atoms with Gasteiger partial charge in [-0.25, -0.2) is 9.78 Å². The monoisotopic (exact) mass is 536 g/mol. The molecule has 1 N–H and O–H groups in total. The molecule has 5 aromatic rings. The van der Waals surface area contributed by atoms with Crippen molar-refractivity contribution in [3.63, 3.8) is 0 Å². The second-order valence-corrected chi connectivity index (χ2v) is 9.68. The van der Waals surface area contributed by atoms with Crippen molar-refractivity contribution in [1.29, 1.82) is 0 Å². The Labute approximate surface area is 232 Å². The van der Waals surface area contributed by atoms with Crippen molar-refractivity contribution in [2.45, 2.75) is 46.5 Å². The van der Waals surface area contributed by atoms with E-state index < -0.39 is 5.76 Å². The first kappa shape index (κ1) is 26.9. The summed E-state index contributed by atoms with van der Waals surface area (Å²) in [5.41, 5.74) is 5.90. The van der Waals surface area contributed by atoms with Crippen LogP contribution in [0.25, 0.3) is 28.2 Å². The highest BCUT2D eigenvalue weighted by molar-refractivity contribution is 5.80. The molecule has 0 fully saturated rings. The van der Waals surface area contributed by atoms with Gasteiger partial charge in [-0.3, -0.25) is 18.9 Å². The minimum Gasteiger partial charge on any atom is -0.494 e. The molecule has 0 radical (unpaired) electrons. The van der Waals surface area contributed by atoms with Crippen molar-refractivity contribution < 1.29 is 9.26 Å². The number of aryl methyl sites for hydroxylation is 2. The molecule has 0 aliphatic rings. The Kier molecular flexibility index (Phi) is 8.05. The maximum Gasteiger partial charge on any atom is 0.439 e. The van der Waals surface area contributed by atoms with Gasteiger partial charge in [-0.15, -0.1) is 0 Å². The Balaban J connectivity index is 1.48. The first-order valence-corrected chi connectivity index (χ1v) is 13.6. The van der Waals surface area contributed by atoms with Crippen LogP contribution in [0.1, 0.15) is 49.3 Å². The smallest absolute Gasteiger partial charge is 0.439 e. The number of hydrogen-bond donors (Lipinski definition) is 1. The molecule has 0 aliphatic heterocycles. The Morgan fingerprint density at radius 2 is 1.62 bits per heavy atom. The van der Waals surface area contributed by atoms with Gasteiger partial charge in [0.05, 0.1) is 18.0 Å². The second kappa shape index (κ2) is 12.0. The van der Waals surface area contributed by atoms with Crippen LogP contribution in [0.5, 0.6) is 5.75 Å². The van der Waals surface area contributed by atoms with Gasteiger partial charge in [0.1, 0.15) is 11.6 Å². The van der Waals surface area contributed by atoms with Gasteiger partial charge in [-0.05, 0) is 60.7 Å². The molecule has 0 amide bonds. The zero-order valence-corrected chi connectivity index (χ0v) is 22.9. The van der Waals surface area contributed by atoms with Crippen LogP contribution < -0.4 is 16.1 Å². The maximum absolute atomic E-state index is 13.9. The molecule has 0 aliphatic carbocycles. The van der Waals surface area contributed by atoms with E-state index in [1.807, 2.05) is 79.7 Å². The molecule has 2 aromatic heterocycles. The molecular formula is C32H32N4O4. The van der Waals surface area contributed by atoms with Gasteiger partial charge in [0.2, 0.25) is 0 Å². The van der Waals surface area contributed by atoms with E-state index in [9.17, 15) is 9.59 Å². The standard InChI is InChI=1S/C32H32N4O4/c1-4-8-29-28(31(37)36(21(3)33-29)24-15-17-25(18-16-24)39-19-5-2)20-22-11-13-23(14-12-22)26-9-6-7-10-27(26)30-34-32(38)40-35-30/h6-7,9-18H,4-5,8,19-20H2,1-3H3,(H,34,35,38). The fourth-order valence-electron chi connectivity index (χ4n) is 4.85. The van der Waals surface area contributed by atoms with Gasteiger partial charge in [0.25, 0.3) is 5.56 Å². The molecule has 0 saturated carbocycles. The van der Waals surface area contributed by atoms with Gasteiger partial charge in [-0.2, -0.15) is 0 Å². The highest BCUT2D eigenvalue weighted by Gasteiger charge is 2.17. The number of H-pyrrole nitrogens is 1. The van der Waals surface area contributed by atoms with Crippen LogP contribution in [0.3, 0.4) is 0 Å². The number of benzene rings is 3. The molecule has 5 rings (SSSR count). The summed E-state index contributed by atoms with van der Waals surface area (Å²) in [5, 5.41) is 3.85. The normalized spacial score (nSPS) is 11.1. The molecule has 2 heterocycles. The molecule has 0 spiro atoms. The molecule has 3 aromatic carbocycles. The lowest BCUT2D eigenvalue weighted by molar-refractivity contribution is 0.317. The third kappa shape index (κ3) is 5.66. The van der Waals surface area contributed by atoms with Crippen molar-refractivity contribution in [1.82, 2.24) is 19.7 Å². The average Bonchev–Trinajstić information content (AvgIpc) is 3.41. The van der Waals surface area contributed by atoms with E-state index in [4.69, 9.17) is 14.2 Å². The highest BCUT2D eigenvalue weighted by Crippen LogP contribution is 2.30. The molecule has 0 bridgehead atoms. The third-order valence-electron chi connectivity index (χ3n) is 6.75. The summed E-state index contributed by atoms with van der Waals surface area (Å²) in [6.45, 7) is 6.69. The zero-order valence-electron chi connectivity index (χ0n) is 22.9. The summed E-state index contributed by atoms with van der Waals surface area (Å²) >= 11 is 0. The van der Waals surface area contributed by atoms with Crippen LogP contribution in [0.4, 0.5) is 0 Å². The van der Waals surface area contributed by atoms with Crippen molar-refractivity contribution in [2.24, 2.45) is 0 Å². The van der Waals surface area contributed by atoms with E-state index in [0.717, 1.165) is 58.6 Å². The minimum absolute atomic E-state index is 0.0532. The molecule has 0 unspecified atom stereocenters. The van der Waals surface area contributed by atoms with Crippen LogP contribution in [0.2, 0.25) is 0 Å². The van der Waals surface area contributed by atoms with Crippen LogP contribution in [0.15, 0.2) is 86.9 Å². The molecule has 8 nitrogen and oxygen atoms in total. The number of ether oxygens (including phenoxy) is 1. The maximum atomic E-state index is 13.9. The summed E-state index contributed by atoms with van der Waals surface area (Å²) in [4.78, 5) is 32.9. The van der Waals surface area contributed by atoms with Gasteiger partial charge >= 0.3 is 5.76 Å². The number of nitrogens with zero attached hydrogens (tertiary/aromatic N) is 3. The quantitative estimate of drug-likeness (QED) is 0.239. The van der Waals surface area contributed by atoms with Crippen LogP contribution in [-0.4, -0.2) is 26.3 Å². The third-order valence-corrected chi connectivity index (χ3v) is 6.75. The van der Waals surface area contributed by atoms with E-state index in [-0.39, 0.29) is 5.56 Å². The Morgan fingerprint density at radius 1 is 0.900 bits per heavy atom. The van der Waals surface area contributed by atoms with Crippen LogP contribution in [-0.2, 0) is 12.8 Å². The van der Waals surface area contributed by atoms with Crippen LogP contribution >= 0.6 is 0 Å². The van der Waals surface area contributed by atoms with Crippen LogP contribution in [0, 0.1) is 6.92 Å². The molecule has 0 saturated heterocycles. The van der Waals surface area contributed by atoms with E-state index in [1.54, 1.807) is 4.57 Å². The number of hydrogen-bond acceptors (Lipinski definition) is 6. The molecule has 8 heteroatoms. The predicted octanol–water partition coefficient (Wildman–Crippen LogP) is 5.88. The molecule has 204 valence electrons. The van der Waals surface area contributed by atoms with E-state index in [2.05, 4.69) is 24.0 Å². The summed E-state index contributed by atoms with van der Waals surface area (Å²) in [6, 6.07) is 23.3. The van der Waals surface area contributed by atoms with Crippen molar-refractivity contribution >= 4 is 0 Å². The highest BCUT2D eigenvalue weighted by atomic mass is 16.5. The largest absolute Gasteiger partial charge is 0.494 e. The Hall–Kier alpha value is -4.72. The fraction of sp³-hybridized carbons (Fsp3) is 0.250. The van der Waals surface area contributed by atoms with Gasteiger partial charge in [-0.1, -0.05) is 74.0 Å².